The maximum absolute atomic E-state index is 13.6. The second-order valence-electron chi connectivity index (χ2n) is 7.65. The summed E-state index contributed by atoms with van der Waals surface area (Å²) in [6.07, 6.45) is 0.631. The molecule has 0 spiro atoms. The van der Waals surface area contributed by atoms with Crippen molar-refractivity contribution >= 4 is 28.1 Å². The van der Waals surface area contributed by atoms with E-state index in [0.29, 0.717) is 38.5 Å². The third-order valence-electron chi connectivity index (χ3n) is 5.73. The topological polar surface area (TPSA) is 64.1 Å². The summed E-state index contributed by atoms with van der Waals surface area (Å²) in [5.74, 6) is 1.58. The van der Waals surface area contributed by atoms with Gasteiger partial charge in [-0.2, -0.15) is 0 Å². The van der Waals surface area contributed by atoms with Gasteiger partial charge in [-0.25, -0.2) is 4.98 Å². The number of carbonyl (C=O) groups excluding carboxylic acids is 1. The van der Waals surface area contributed by atoms with Crippen LogP contribution in [0.15, 0.2) is 53.9 Å². The first kappa shape index (κ1) is 23.1. The maximum Gasteiger partial charge on any atom is 0.245 e. The summed E-state index contributed by atoms with van der Waals surface area (Å²) in [5, 5.41) is 2.77. The van der Waals surface area contributed by atoms with E-state index in [1.54, 1.807) is 14.2 Å². The summed E-state index contributed by atoms with van der Waals surface area (Å²) in [6, 6.07) is 15.2. The molecule has 2 aromatic carbocycles. The van der Waals surface area contributed by atoms with Gasteiger partial charge >= 0.3 is 0 Å². The van der Waals surface area contributed by atoms with Crippen molar-refractivity contribution < 1.29 is 19.0 Å². The fraction of sp³-hybridized carbons (Fsp3) is 0.360. The number of amides is 1. The molecule has 8 heteroatoms. The lowest BCUT2D eigenvalue weighted by Crippen LogP contribution is -2.50. The second-order valence-corrected chi connectivity index (χ2v) is 8.48. The van der Waals surface area contributed by atoms with Crippen molar-refractivity contribution in [3.63, 3.8) is 0 Å². The number of nitrogens with zero attached hydrogens (tertiary/aromatic N) is 3. The minimum absolute atomic E-state index is 0.0768. The molecule has 0 radical (unpaired) electrons. The molecule has 4 rings (SSSR count). The minimum atomic E-state index is -0.408. The normalized spacial score (nSPS) is 14.6. The quantitative estimate of drug-likeness (QED) is 0.482. The Labute approximate surface area is 198 Å². The molecule has 33 heavy (non-hydrogen) atoms. The van der Waals surface area contributed by atoms with Crippen LogP contribution >= 0.6 is 11.3 Å². The Morgan fingerprint density at radius 1 is 1.12 bits per heavy atom. The number of aromatic nitrogens is 1. The number of para-hydroxylation sites is 2. The van der Waals surface area contributed by atoms with Gasteiger partial charge in [-0.05, 0) is 42.8 Å². The molecule has 1 unspecified atom stereocenters. The number of hydrogen-bond acceptors (Lipinski definition) is 7. The summed E-state index contributed by atoms with van der Waals surface area (Å²) in [4.78, 5) is 22.5. The van der Waals surface area contributed by atoms with E-state index in [0.717, 1.165) is 27.8 Å². The van der Waals surface area contributed by atoms with Crippen LogP contribution in [-0.4, -0.2) is 62.4 Å². The van der Waals surface area contributed by atoms with E-state index in [2.05, 4.69) is 0 Å². The van der Waals surface area contributed by atoms with Crippen LogP contribution in [0.25, 0.3) is 11.3 Å². The lowest BCUT2D eigenvalue weighted by molar-refractivity contribution is -0.136. The van der Waals surface area contributed by atoms with Gasteiger partial charge in [0, 0.05) is 24.0 Å². The van der Waals surface area contributed by atoms with Crippen LogP contribution in [0.5, 0.6) is 11.5 Å². The monoisotopic (exact) mass is 467 g/mol. The fourth-order valence-electron chi connectivity index (χ4n) is 3.96. The van der Waals surface area contributed by atoms with Gasteiger partial charge in [-0.15, -0.1) is 11.3 Å². The molecule has 1 fully saturated rings. The first-order chi connectivity index (χ1) is 16.2. The van der Waals surface area contributed by atoms with Crippen LogP contribution in [0, 0.1) is 0 Å². The van der Waals surface area contributed by atoms with E-state index in [9.17, 15) is 4.79 Å². The average Bonchev–Trinajstić information content (AvgIpc) is 3.37. The van der Waals surface area contributed by atoms with Crippen LogP contribution in [0.1, 0.15) is 13.3 Å². The number of carbonyl (C=O) groups is 1. The third-order valence-corrected chi connectivity index (χ3v) is 6.57. The molecule has 0 saturated carbocycles. The van der Waals surface area contributed by atoms with Gasteiger partial charge in [0.05, 0.1) is 38.8 Å². The van der Waals surface area contributed by atoms with Crippen molar-refractivity contribution in [2.75, 3.05) is 45.4 Å². The zero-order chi connectivity index (χ0) is 23.2. The number of rotatable bonds is 8. The van der Waals surface area contributed by atoms with Gasteiger partial charge in [0.1, 0.15) is 17.5 Å². The minimum Gasteiger partial charge on any atom is -0.497 e. The average molecular weight is 468 g/mol. The Balaban J connectivity index is 1.74. The van der Waals surface area contributed by atoms with E-state index in [-0.39, 0.29) is 5.91 Å². The predicted octanol–water partition coefficient (Wildman–Crippen LogP) is 4.60. The second kappa shape index (κ2) is 10.7. The molecule has 3 aromatic rings. The van der Waals surface area contributed by atoms with Gasteiger partial charge in [-0.3, -0.25) is 4.79 Å². The molecular formula is C25H29N3O4S. The Morgan fingerprint density at radius 3 is 2.52 bits per heavy atom. The summed E-state index contributed by atoms with van der Waals surface area (Å²) in [5.41, 5.74) is 2.67. The molecule has 2 heterocycles. The van der Waals surface area contributed by atoms with Gasteiger partial charge < -0.3 is 24.0 Å². The van der Waals surface area contributed by atoms with Crippen LogP contribution in [0.3, 0.4) is 0 Å². The van der Waals surface area contributed by atoms with Gasteiger partial charge in [0.15, 0.2) is 5.13 Å². The standard InChI is InChI=1S/C25H29N3O4S/c1-4-21(24(29)27-13-15-32-16-14-27)28(22-7-5-6-8-23(22)31-3)25-26-20(17-33-25)18-9-11-19(30-2)12-10-18/h5-12,17,21H,4,13-16H2,1-3H3. The zero-order valence-electron chi connectivity index (χ0n) is 19.2. The number of ether oxygens (including phenoxy) is 3. The molecule has 0 aliphatic carbocycles. The van der Waals surface area contributed by atoms with E-state index < -0.39 is 6.04 Å². The fourth-order valence-corrected chi connectivity index (χ4v) is 4.86. The highest BCUT2D eigenvalue weighted by Crippen LogP contribution is 2.39. The zero-order valence-corrected chi connectivity index (χ0v) is 20.0. The van der Waals surface area contributed by atoms with Crippen LogP contribution < -0.4 is 14.4 Å². The Morgan fingerprint density at radius 2 is 1.85 bits per heavy atom. The van der Waals surface area contributed by atoms with E-state index >= 15 is 0 Å². The predicted molar refractivity (Wildman–Crippen MR) is 131 cm³/mol. The number of morpholine rings is 1. The summed E-state index contributed by atoms with van der Waals surface area (Å²) >= 11 is 1.52. The Kier molecular flexibility index (Phi) is 7.47. The van der Waals surface area contributed by atoms with Gasteiger partial charge in [0.2, 0.25) is 5.91 Å². The third kappa shape index (κ3) is 4.96. The molecule has 174 valence electrons. The summed E-state index contributed by atoms with van der Waals surface area (Å²) < 4.78 is 16.4. The van der Waals surface area contributed by atoms with Crippen molar-refractivity contribution in [3.05, 3.63) is 53.9 Å². The van der Waals surface area contributed by atoms with Crippen LogP contribution in [-0.2, 0) is 9.53 Å². The molecule has 1 amide bonds. The van der Waals surface area contributed by atoms with Crippen molar-refractivity contribution in [2.45, 2.75) is 19.4 Å². The van der Waals surface area contributed by atoms with Crippen LogP contribution in [0.4, 0.5) is 10.8 Å². The number of hydrogen-bond donors (Lipinski definition) is 0. The molecule has 1 atom stereocenters. The van der Waals surface area contributed by atoms with E-state index in [1.807, 2.05) is 70.6 Å². The molecule has 1 aromatic heterocycles. The maximum atomic E-state index is 13.6. The molecule has 7 nitrogen and oxygen atoms in total. The molecule has 1 saturated heterocycles. The molecular weight excluding hydrogens is 438 g/mol. The summed E-state index contributed by atoms with van der Waals surface area (Å²) in [6.45, 7) is 4.36. The number of anilines is 2. The van der Waals surface area contributed by atoms with E-state index in [4.69, 9.17) is 19.2 Å². The first-order valence-corrected chi connectivity index (χ1v) is 11.9. The molecule has 1 aliphatic heterocycles. The lowest BCUT2D eigenvalue weighted by Gasteiger charge is -2.36. The highest BCUT2D eigenvalue weighted by molar-refractivity contribution is 7.14. The van der Waals surface area contributed by atoms with Crippen molar-refractivity contribution in [2.24, 2.45) is 0 Å². The van der Waals surface area contributed by atoms with Gasteiger partial charge in [0.25, 0.3) is 0 Å². The molecule has 0 N–H and O–H groups in total. The van der Waals surface area contributed by atoms with Crippen molar-refractivity contribution in [1.29, 1.82) is 0 Å². The van der Waals surface area contributed by atoms with E-state index in [1.165, 1.54) is 11.3 Å². The number of methoxy groups -OCH3 is 2. The van der Waals surface area contributed by atoms with Crippen molar-refractivity contribution in [1.82, 2.24) is 9.88 Å². The Hall–Kier alpha value is -3.10. The smallest absolute Gasteiger partial charge is 0.245 e. The number of benzene rings is 2. The van der Waals surface area contributed by atoms with Gasteiger partial charge in [-0.1, -0.05) is 19.1 Å². The first-order valence-electron chi connectivity index (χ1n) is 11.0. The highest BCUT2D eigenvalue weighted by Gasteiger charge is 2.33. The Bertz CT molecular complexity index is 1060. The van der Waals surface area contributed by atoms with Crippen molar-refractivity contribution in [3.8, 4) is 22.8 Å². The molecule has 1 aliphatic rings. The largest absolute Gasteiger partial charge is 0.497 e. The lowest BCUT2D eigenvalue weighted by atomic mass is 10.1. The SMILES string of the molecule is CCC(C(=O)N1CCOCC1)N(c1nc(-c2ccc(OC)cc2)cs1)c1ccccc1OC. The summed E-state index contributed by atoms with van der Waals surface area (Å²) in [7, 11) is 3.30. The molecule has 0 bridgehead atoms. The highest BCUT2D eigenvalue weighted by atomic mass is 32.1. The van der Waals surface area contributed by atoms with Crippen LogP contribution in [0.2, 0.25) is 0 Å². The number of thiazole rings is 1.